The SMILES string of the molecule is Cc1cccc(C(=O)NCc2cccc(CN)c2)c1F. The van der Waals surface area contributed by atoms with E-state index < -0.39 is 11.7 Å². The molecule has 2 rings (SSSR count). The summed E-state index contributed by atoms with van der Waals surface area (Å²) in [5, 5.41) is 2.71. The van der Waals surface area contributed by atoms with Gasteiger partial charge in [-0.15, -0.1) is 0 Å². The largest absolute Gasteiger partial charge is 0.348 e. The van der Waals surface area contributed by atoms with Gasteiger partial charge in [-0.05, 0) is 29.7 Å². The number of hydrogen-bond acceptors (Lipinski definition) is 2. The van der Waals surface area contributed by atoms with Crippen LogP contribution in [0.5, 0.6) is 0 Å². The third kappa shape index (κ3) is 3.22. The van der Waals surface area contributed by atoms with Crippen LogP contribution in [-0.2, 0) is 13.1 Å². The molecule has 0 saturated heterocycles. The maximum absolute atomic E-state index is 13.8. The van der Waals surface area contributed by atoms with Crippen molar-refractivity contribution in [2.45, 2.75) is 20.0 Å². The molecule has 2 aromatic rings. The standard InChI is InChI=1S/C16H17FN2O/c1-11-4-2-7-14(15(11)17)16(20)19-10-13-6-3-5-12(8-13)9-18/h2-8H,9-10,18H2,1H3,(H,19,20). The van der Waals surface area contributed by atoms with Gasteiger partial charge in [0.25, 0.3) is 5.91 Å². The molecule has 0 atom stereocenters. The fourth-order valence-corrected chi connectivity index (χ4v) is 1.97. The Balaban J connectivity index is 2.06. The molecular weight excluding hydrogens is 255 g/mol. The van der Waals surface area contributed by atoms with E-state index in [1.54, 1.807) is 19.1 Å². The minimum Gasteiger partial charge on any atom is -0.348 e. The number of amides is 1. The summed E-state index contributed by atoms with van der Waals surface area (Å²) < 4.78 is 13.8. The van der Waals surface area contributed by atoms with Gasteiger partial charge in [0.2, 0.25) is 0 Å². The van der Waals surface area contributed by atoms with E-state index in [9.17, 15) is 9.18 Å². The van der Waals surface area contributed by atoms with Crippen LogP contribution in [0.2, 0.25) is 0 Å². The number of halogens is 1. The average Bonchev–Trinajstić information content (AvgIpc) is 2.48. The molecule has 20 heavy (non-hydrogen) atoms. The lowest BCUT2D eigenvalue weighted by Gasteiger charge is -2.08. The Hall–Kier alpha value is -2.20. The lowest BCUT2D eigenvalue weighted by molar-refractivity contribution is 0.0946. The molecule has 0 unspecified atom stereocenters. The van der Waals surface area contributed by atoms with Crippen molar-refractivity contribution in [1.29, 1.82) is 0 Å². The number of benzene rings is 2. The highest BCUT2D eigenvalue weighted by Gasteiger charge is 2.12. The van der Waals surface area contributed by atoms with E-state index in [-0.39, 0.29) is 5.56 Å². The van der Waals surface area contributed by atoms with E-state index >= 15 is 0 Å². The van der Waals surface area contributed by atoms with Gasteiger partial charge in [0.05, 0.1) is 5.56 Å². The molecule has 0 bridgehead atoms. The van der Waals surface area contributed by atoms with Gasteiger partial charge in [0.1, 0.15) is 5.82 Å². The van der Waals surface area contributed by atoms with Crippen molar-refractivity contribution in [2.75, 3.05) is 0 Å². The van der Waals surface area contributed by atoms with E-state index in [4.69, 9.17) is 5.73 Å². The second-order valence-corrected chi connectivity index (χ2v) is 4.64. The van der Waals surface area contributed by atoms with Crippen LogP contribution < -0.4 is 11.1 Å². The zero-order valence-electron chi connectivity index (χ0n) is 11.3. The third-order valence-corrected chi connectivity index (χ3v) is 3.12. The Labute approximate surface area is 117 Å². The number of aryl methyl sites for hydroxylation is 1. The molecule has 1 amide bonds. The Morgan fingerprint density at radius 2 is 1.90 bits per heavy atom. The zero-order chi connectivity index (χ0) is 14.5. The summed E-state index contributed by atoms with van der Waals surface area (Å²) in [4.78, 5) is 12.0. The molecule has 4 heteroatoms. The summed E-state index contributed by atoms with van der Waals surface area (Å²) in [7, 11) is 0. The maximum Gasteiger partial charge on any atom is 0.254 e. The highest BCUT2D eigenvalue weighted by Crippen LogP contribution is 2.12. The molecule has 0 aromatic heterocycles. The third-order valence-electron chi connectivity index (χ3n) is 3.12. The van der Waals surface area contributed by atoms with Gasteiger partial charge in [0, 0.05) is 13.1 Å². The average molecular weight is 272 g/mol. The molecule has 2 aromatic carbocycles. The maximum atomic E-state index is 13.8. The number of nitrogens with one attached hydrogen (secondary N) is 1. The lowest BCUT2D eigenvalue weighted by Crippen LogP contribution is -2.24. The van der Waals surface area contributed by atoms with Crippen molar-refractivity contribution in [2.24, 2.45) is 5.73 Å². The van der Waals surface area contributed by atoms with Crippen molar-refractivity contribution >= 4 is 5.91 Å². The summed E-state index contributed by atoms with van der Waals surface area (Å²) >= 11 is 0. The van der Waals surface area contributed by atoms with Gasteiger partial charge in [0.15, 0.2) is 0 Å². The number of carbonyl (C=O) groups excluding carboxylic acids is 1. The minimum absolute atomic E-state index is 0.0694. The van der Waals surface area contributed by atoms with Crippen LogP contribution in [0.25, 0.3) is 0 Å². The Morgan fingerprint density at radius 1 is 1.20 bits per heavy atom. The van der Waals surface area contributed by atoms with Gasteiger partial charge in [-0.3, -0.25) is 4.79 Å². The van der Waals surface area contributed by atoms with Crippen LogP contribution in [0.4, 0.5) is 4.39 Å². The first-order valence-corrected chi connectivity index (χ1v) is 6.43. The second kappa shape index (κ2) is 6.30. The quantitative estimate of drug-likeness (QED) is 0.898. The monoisotopic (exact) mass is 272 g/mol. The molecule has 0 aliphatic rings. The summed E-state index contributed by atoms with van der Waals surface area (Å²) in [6, 6.07) is 12.4. The molecule has 104 valence electrons. The first kappa shape index (κ1) is 14.2. The smallest absolute Gasteiger partial charge is 0.254 e. The van der Waals surface area contributed by atoms with Crippen LogP contribution >= 0.6 is 0 Å². The van der Waals surface area contributed by atoms with Gasteiger partial charge in [-0.25, -0.2) is 4.39 Å². The van der Waals surface area contributed by atoms with E-state index in [0.717, 1.165) is 11.1 Å². The van der Waals surface area contributed by atoms with E-state index in [1.807, 2.05) is 24.3 Å². The Bertz CT molecular complexity index is 626. The molecule has 0 aliphatic heterocycles. The van der Waals surface area contributed by atoms with Crippen molar-refractivity contribution in [3.63, 3.8) is 0 Å². The number of carbonyl (C=O) groups is 1. The predicted molar refractivity (Wildman–Crippen MR) is 76.6 cm³/mol. The van der Waals surface area contributed by atoms with Gasteiger partial charge < -0.3 is 11.1 Å². The molecule has 0 radical (unpaired) electrons. The topological polar surface area (TPSA) is 55.1 Å². The molecule has 0 spiro atoms. The number of rotatable bonds is 4. The first-order chi connectivity index (χ1) is 9.61. The molecule has 3 N–H and O–H groups in total. The van der Waals surface area contributed by atoms with Crippen molar-refractivity contribution in [1.82, 2.24) is 5.32 Å². The second-order valence-electron chi connectivity index (χ2n) is 4.64. The molecule has 0 fully saturated rings. The zero-order valence-corrected chi connectivity index (χ0v) is 11.3. The summed E-state index contributed by atoms with van der Waals surface area (Å²) in [6.45, 7) is 2.44. The van der Waals surface area contributed by atoms with E-state index in [2.05, 4.69) is 5.32 Å². The van der Waals surface area contributed by atoms with Gasteiger partial charge in [-0.2, -0.15) is 0 Å². The Kier molecular flexibility index (Phi) is 4.48. The fraction of sp³-hybridized carbons (Fsp3) is 0.188. The van der Waals surface area contributed by atoms with Crippen LogP contribution in [0.15, 0.2) is 42.5 Å². The molecule has 0 aliphatic carbocycles. The summed E-state index contributed by atoms with van der Waals surface area (Å²) in [5.74, 6) is -0.884. The molecule has 0 saturated carbocycles. The van der Waals surface area contributed by atoms with Crippen LogP contribution in [0, 0.1) is 12.7 Å². The number of nitrogens with two attached hydrogens (primary N) is 1. The molecule has 0 heterocycles. The highest BCUT2D eigenvalue weighted by molar-refractivity contribution is 5.94. The molecular formula is C16H17FN2O. The fourth-order valence-electron chi connectivity index (χ4n) is 1.97. The van der Waals surface area contributed by atoms with E-state index in [1.165, 1.54) is 6.07 Å². The van der Waals surface area contributed by atoms with Crippen molar-refractivity contribution < 1.29 is 9.18 Å². The van der Waals surface area contributed by atoms with Crippen molar-refractivity contribution in [3.05, 3.63) is 70.5 Å². The highest BCUT2D eigenvalue weighted by atomic mass is 19.1. The lowest BCUT2D eigenvalue weighted by atomic mass is 10.1. The van der Waals surface area contributed by atoms with Gasteiger partial charge >= 0.3 is 0 Å². The summed E-state index contributed by atoms with van der Waals surface area (Å²) in [6.07, 6.45) is 0. The van der Waals surface area contributed by atoms with Crippen LogP contribution in [0.3, 0.4) is 0 Å². The Morgan fingerprint density at radius 3 is 2.65 bits per heavy atom. The number of hydrogen-bond donors (Lipinski definition) is 2. The normalized spacial score (nSPS) is 10.3. The first-order valence-electron chi connectivity index (χ1n) is 6.43. The summed E-state index contributed by atoms with van der Waals surface area (Å²) in [5.41, 5.74) is 8.03. The predicted octanol–water partition coefficient (Wildman–Crippen LogP) is 2.52. The van der Waals surface area contributed by atoms with E-state index in [0.29, 0.717) is 18.7 Å². The van der Waals surface area contributed by atoms with Crippen LogP contribution in [0.1, 0.15) is 27.0 Å². The van der Waals surface area contributed by atoms with Gasteiger partial charge in [-0.1, -0.05) is 36.4 Å². The minimum atomic E-state index is -0.472. The van der Waals surface area contributed by atoms with Crippen molar-refractivity contribution in [3.8, 4) is 0 Å². The molecule has 3 nitrogen and oxygen atoms in total. The van der Waals surface area contributed by atoms with Crippen LogP contribution in [-0.4, -0.2) is 5.91 Å².